The van der Waals surface area contributed by atoms with Crippen molar-refractivity contribution in [3.05, 3.63) is 5.01 Å². The fraction of sp³-hybridized carbons (Fsp3) is 0.769. The molecule has 10 heteroatoms. The lowest BCUT2D eigenvalue weighted by atomic mass is 9.90. The van der Waals surface area contributed by atoms with Crippen molar-refractivity contribution in [2.24, 2.45) is 0 Å². The van der Waals surface area contributed by atoms with Crippen LogP contribution in [0.1, 0.15) is 30.7 Å². The molecular formula is C13H15F3N4O2S. The largest absolute Gasteiger partial charge is 0.445 e. The minimum Gasteiger partial charge on any atom is -0.346 e. The molecule has 0 saturated carbocycles. The van der Waals surface area contributed by atoms with E-state index in [1.165, 1.54) is 0 Å². The smallest absolute Gasteiger partial charge is 0.346 e. The molecular weight excluding hydrogens is 333 g/mol. The first kappa shape index (κ1) is 15.1. The molecule has 126 valence electrons. The molecule has 3 aliphatic rings. The Kier molecular flexibility index (Phi) is 3.31. The van der Waals surface area contributed by atoms with Gasteiger partial charge in [-0.05, 0) is 12.8 Å². The molecule has 23 heavy (non-hydrogen) atoms. The molecule has 0 aliphatic carbocycles. The molecule has 1 atom stereocenters. The molecule has 0 bridgehead atoms. The number of carbonyl (C=O) groups excluding carboxylic acids is 1. The Morgan fingerprint density at radius 1 is 1.22 bits per heavy atom. The number of fused-ring (bicyclic) bond motifs is 1. The second-order valence-corrected chi connectivity index (χ2v) is 7.04. The summed E-state index contributed by atoms with van der Waals surface area (Å²) in [5, 5.41) is 6.15. The summed E-state index contributed by atoms with van der Waals surface area (Å²) in [6.07, 6.45) is -1.82. The van der Waals surface area contributed by atoms with Gasteiger partial charge in [-0.3, -0.25) is 4.79 Å². The highest BCUT2D eigenvalue weighted by atomic mass is 32.1. The highest BCUT2D eigenvalue weighted by Gasteiger charge is 2.55. The topological polar surface area (TPSA) is 58.6 Å². The van der Waals surface area contributed by atoms with Crippen LogP contribution in [0.5, 0.6) is 0 Å². The summed E-state index contributed by atoms with van der Waals surface area (Å²) in [5.74, 6) is 0.0351. The highest BCUT2D eigenvalue weighted by Crippen LogP contribution is 2.42. The lowest BCUT2D eigenvalue weighted by Crippen LogP contribution is -2.50. The molecule has 4 rings (SSSR count). The van der Waals surface area contributed by atoms with E-state index >= 15 is 0 Å². The van der Waals surface area contributed by atoms with E-state index in [1.54, 1.807) is 9.80 Å². The predicted molar refractivity (Wildman–Crippen MR) is 74.9 cm³/mol. The van der Waals surface area contributed by atoms with E-state index in [1.807, 2.05) is 0 Å². The molecule has 1 aromatic rings. The molecule has 4 heterocycles. The van der Waals surface area contributed by atoms with Crippen molar-refractivity contribution in [3.8, 4) is 0 Å². The number of aromatic nitrogens is 2. The number of halogens is 3. The SMILES string of the molecule is O=C1N2CCCC2OC12CCN(c1nnc(C(F)(F)F)s1)CC2. The van der Waals surface area contributed by atoms with Gasteiger partial charge in [0, 0.05) is 32.5 Å². The molecule has 1 aromatic heterocycles. The van der Waals surface area contributed by atoms with Crippen LogP contribution in [0.2, 0.25) is 0 Å². The summed E-state index contributed by atoms with van der Waals surface area (Å²) in [4.78, 5) is 16.1. The molecule has 1 unspecified atom stereocenters. The minimum atomic E-state index is -4.47. The van der Waals surface area contributed by atoms with Crippen molar-refractivity contribution in [2.45, 2.75) is 43.7 Å². The molecule has 0 N–H and O–H groups in total. The van der Waals surface area contributed by atoms with Crippen LogP contribution < -0.4 is 4.90 Å². The molecule has 3 aliphatic heterocycles. The fourth-order valence-corrected chi connectivity index (χ4v) is 4.28. The van der Waals surface area contributed by atoms with Crippen molar-refractivity contribution in [3.63, 3.8) is 0 Å². The number of ether oxygens (including phenoxy) is 1. The summed E-state index contributed by atoms with van der Waals surface area (Å²) < 4.78 is 43.8. The van der Waals surface area contributed by atoms with Gasteiger partial charge in [0.25, 0.3) is 5.91 Å². The van der Waals surface area contributed by atoms with Gasteiger partial charge >= 0.3 is 6.18 Å². The van der Waals surface area contributed by atoms with E-state index < -0.39 is 16.8 Å². The maximum atomic E-state index is 12.6. The highest BCUT2D eigenvalue weighted by molar-refractivity contribution is 7.15. The molecule has 3 saturated heterocycles. The van der Waals surface area contributed by atoms with Crippen LogP contribution >= 0.6 is 11.3 Å². The van der Waals surface area contributed by atoms with Crippen molar-refractivity contribution in [1.82, 2.24) is 15.1 Å². The van der Waals surface area contributed by atoms with Crippen LogP contribution in [-0.4, -0.2) is 52.5 Å². The van der Waals surface area contributed by atoms with Crippen LogP contribution in [0.15, 0.2) is 0 Å². The van der Waals surface area contributed by atoms with Crippen molar-refractivity contribution in [2.75, 3.05) is 24.5 Å². The number of piperidine rings is 1. The Labute approximate surface area is 134 Å². The van der Waals surface area contributed by atoms with Crippen LogP contribution in [0.4, 0.5) is 18.3 Å². The standard InChI is InChI=1S/C13H15F3N4O2S/c14-13(15,16)9-17-18-11(23-9)19-6-3-12(4-7-19)10(21)20-5-1-2-8(20)22-12/h8H,1-7H2. The summed E-state index contributed by atoms with van der Waals surface area (Å²) in [7, 11) is 0. The van der Waals surface area contributed by atoms with Gasteiger partial charge in [0.05, 0.1) is 0 Å². The summed E-state index contributed by atoms with van der Waals surface area (Å²) >= 11 is 0.537. The van der Waals surface area contributed by atoms with Crippen LogP contribution in [-0.2, 0) is 15.7 Å². The van der Waals surface area contributed by atoms with Crippen molar-refractivity contribution >= 4 is 22.4 Å². The van der Waals surface area contributed by atoms with Gasteiger partial charge in [-0.15, -0.1) is 10.2 Å². The summed E-state index contributed by atoms with van der Waals surface area (Å²) in [6, 6.07) is 0. The van der Waals surface area contributed by atoms with E-state index in [-0.39, 0.29) is 17.3 Å². The van der Waals surface area contributed by atoms with Crippen LogP contribution in [0.3, 0.4) is 0 Å². The zero-order valence-corrected chi connectivity index (χ0v) is 13.0. The average molecular weight is 348 g/mol. The number of nitrogens with zero attached hydrogens (tertiary/aromatic N) is 4. The Hall–Kier alpha value is -1.42. The number of amides is 1. The normalized spacial score (nSPS) is 27.1. The third-order valence-corrected chi connectivity index (χ3v) is 5.74. The lowest BCUT2D eigenvalue weighted by Gasteiger charge is -2.36. The monoisotopic (exact) mass is 348 g/mol. The molecule has 1 amide bonds. The van der Waals surface area contributed by atoms with Gasteiger partial charge in [0.1, 0.15) is 6.23 Å². The van der Waals surface area contributed by atoms with E-state index in [0.717, 1.165) is 19.4 Å². The van der Waals surface area contributed by atoms with Crippen molar-refractivity contribution < 1.29 is 22.7 Å². The number of carbonyl (C=O) groups is 1. The first-order chi connectivity index (χ1) is 10.9. The Balaban J connectivity index is 1.45. The molecule has 0 aromatic carbocycles. The number of alkyl halides is 3. The average Bonchev–Trinajstić information content (AvgIpc) is 3.19. The zero-order chi connectivity index (χ0) is 16.2. The van der Waals surface area contributed by atoms with Gasteiger partial charge in [-0.25, -0.2) is 0 Å². The molecule has 0 radical (unpaired) electrons. The second kappa shape index (κ2) is 5.04. The van der Waals surface area contributed by atoms with Gasteiger partial charge in [0.2, 0.25) is 10.1 Å². The first-order valence-corrected chi connectivity index (χ1v) is 8.35. The Morgan fingerprint density at radius 2 is 1.96 bits per heavy atom. The van der Waals surface area contributed by atoms with Crippen LogP contribution in [0, 0.1) is 0 Å². The maximum absolute atomic E-state index is 12.6. The second-order valence-electron chi connectivity index (χ2n) is 6.08. The van der Waals surface area contributed by atoms with E-state index in [2.05, 4.69) is 10.2 Å². The number of hydrogen-bond acceptors (Lipinski definition) is 6. The lowest BCUT2D eigenvalue weighted by molar-refractivity contribution is -0.139. The molecule has 3 fully saturated rings. The predicted octanol–water partition coefficient (Wildman–Crippen LogP) is 1.87. The molecule has 6 nitrogen and oxygen atoms in total. The fourth-order valence-electron chi connectivity index (χ4n) is 3.51. The third kappa shape index (κ3) is 2.38. The Bertz CT molecular complexity index is 627. The number of hydrogen-bond donors (Lipinski definition) is 0. The molecule has 1 spiro atoms. The van der Waals surface area contributed by atoms with E-state index in [4.69, 9.17) is 4.74 Å². The van der Waals surface area contributed by atoms with E-state index in [0.29, 0.717) is 37.3 Å². The summed E-state index contributed by atoms with van der Waals surface area (Å²) in [6.45, 7) is 1.62. The van der Waals surface area contributed by atoms with Crippen LogP contribution in [0.25, 0.3) is 0 Å². The maximum Gasteiger partial charge on any atom is 0.445 e. The van der Waals surface area contributed by atoms with E-state index in [9.17, 15) is 18.0 Å². The van der Waals surface area contributed by atoms with Gasteiger partial charge in [0.15, 0.2) is 5.60 Å². The van der Waals surface area contributed by atoms with Gasteiger partial charge < -0.3 is 14.5 Å². The van der Waals surface area contributed by atoms with Crippen molar-refractivity contribution in [1.29, 1.82) is 0 Å². The van der Waals surface area contributed by atoms with Gasteiger partial charge in [-0.1, -0.05) is 11.3 Å². The minimum absolute atomic E-state index is 0.0351. The number of anilines is 1. The number of rotatable bonds is 1. The first-order valence-electron chi connectivity index (χ1n) is 7.54. The van der Waals surface area contributed by atoms with Gasteiger partial charge in [-0.2, -0.15) is 13.2 Å². The zero-order valence-electron chi connectivity index (χ0n) is 12.2. The Morgan fingerprint density at radius 3 is 2.57 bits per heavy atom. The summed E-state index contributed by atoms with van der Waals surface area (Å²) in [5.41, 5.74) is -0.793. The third-order valence-electron chi connectivity index (χ3n) is 4.71. The quantitative estimate of drug-likeness (QED) is 0.776.